The number of amides is 1. The maximum atomic E-state index is 13.2. The third kappa shape index (κ3) is 3.92. The summed E-state index contributed by atoms with van der Waals surface area (Å²) in [7, 11) is 1.84. The van der Waals surface area contributed by atoms with E-state index in [0.717, 1.165) is 24.3 Å². The van der Waals surface area contributed by atoms with Crippen molar-refractivity contribution >= 4 is 34.1 Å². The molecule has 1 N–H and O–H groups in total. The van der Waals surface area contributed by atoms with E-state index in [1.807, 2.05) is 27.1 Å². The fourth-order valence-electron chi connectivity index (χ4n) is 5.43. The number of fused-ring (bicyclic) bond motifs is 2. The number of nitrogens with one attached hydrogen (secondary N) is 1. The van der Waals surface area contributed by atoms with Gasteiger partial charge in [0, 0.05) is 19.6 Å². The highest BCUT2D eigenvalue weighted by molar-refractivity contribution is 6.00. The molecular weight excluding hydrogens is 410 g/mol. The van der Waals surface area contributed by atoms with E-state index in [9.17, 15) is 4.79 Å². The van der Waals surface area contributed by atoms with E-state index < -0.39 is 5.41 Å². The lowest BCUT2D eigenvalue weighted by molar-refractivity contribution is -0.125. The zero-order valence-corrected chi connectivity index (χ0v) is 20.0. The average Bonchev–Trinajstić information content (AvgIpc) is 3.34. The second-order valence-electron chi connectivity index (χ2n) is 10.2. The molecule has 1 unspecified atom stereocenters. The van der Waals surface area contributed by atoms with E-state index in [1.54, 1.807) is 4.90 Å². The molecule has 1 saturated carbocycles. The van der Waals surface area contributed by atoms with Crippen molar-refractivity contribution in [1.82, 2.24) is 9.97 Å². The van der Waals surface area contributed by atoms with Crippen molar-refractivity contribution in [1.29, 1.82) is 0 Å². The molecule has 172 valence electrons. The largest absolute Gasteiger partial charge is 0.351 e. The van der Waals surface area contributed by atoms with Crippen molar-refractivity contribution < 1.29 is 4.79 Å². The summed E-state index contributed by atoms with van der Waals surface area (Å²) in [6.45, 7) is 6.89. The Labute approximate surface area is 196 Å². The van der Waals surface area contributed by atoms with Gasteiger partial charge in [-0.1, -0.05) is 55.3 Å². The lowest BCUT2D eigenvalue weighted by Crippen LogP contribution is -2.45. The minimum atomic E-state index is -0.484. The van der Waals surface area contributed by atoms with Crippen LogP contribution in [0.5, 0.6) is 0 Å². The van der Waals surface area contributed by atoms with Crippen LogP contribution in [-0.4, -0.2) is 35.5 Å². The fourth-order valence-corrected chi connectivity index (χ4v) is 5.43. The van der Waals surface area contributed by atoms with Crippen LogP contribution in [0.25, 0.3) is 10.8 Å². The van der Waals surface area contributed by atoms with Gasteiger partial charge in [-0.05, 0) is 49.9 Å². The van der Waals surface area contributed by atoms with Gasteiger partial charge in [0.25, 0.3) is 0 Å². The van der Waals surface area contributed by atoms with Crippen molar-refractivity contribution in [2.45, 2.75) is 58.5 Å². The van der Waals surface area contributed by atoms with Crippen LogP contribution in [-0.2, 0) is 4.79 Å². The minimum absolute atomic E-state index is 0.0376. The molecule has 1 aliphatic heterocycles. The summed E-state index contributed by atoms with van der Waals surface area (Å²) in [6, 6.07) is 15.3. The fraction of sp³-hybridized carbons (Fsp3) is 0.444. The van der Waals surface area contributed by atoms with Crippen LogP contribution in [0.2, 0.25) is 0 Å². The molecule has 0 saturated heterocycles. The molecule has 3 aromatic rings. The molecule has 6 nitrogen and oxygen atoms in total. The molecule has 33 heavy (non-hydrogen) atoms. The molecule has 2 aliphatic rings. The van der Waals surface area contributed by atoms with E-state index in [4.69, 9.17) is 4.98 Å². The lowest BCUT2D eigenvalue weighted by atomic mass is 9.91. The van der Waals surface area contributed by atoms with Crippen LogP contribution in [0, 0.1) is 5.41 Å². The highest BCUT2D eigenvalue weighted by atomic mass is 16.2. The van der Waals surface area contributed by atoms with Crippen molar-refractivity contribution in [2.75, 3.05) is 28.7 Å². The molecule has 1 aromatic heterocycles. The standard InChI is InChI=1S/C27H33N5O/c1-18(21-15-9-11-19-10-5-8-14-22(19)21)29-26-28-16-23-24(30-26)32(20-12-6-7-13-20)17-27(2,3)25(33)31(23)4/h5,8-11,14-16,18,20H,6-7,12-13,17H2,1-4H3,(H,28,29,30). The molecule has 1 aliphatic carbocycles. The summed E-state index contributed by atoms with van der Waals surface area (Å²) in [5.41, 5.74) is 1.52. The predicted octanol–water partition coefficient (Wildman–Crippen LogP) is 5.55. The number of benzene rings is 2. The molecule has 6 heteroatoms. The van der Waals surface area contributed by atoms with Gasteiger partial charge in [0.2, 0.25) is 11.9 Å². The van der Waals surface area contributed by atoms with Crippen LogP contribution in [0.4, 0.5) is 17.5 Å². The normalized spacial score (nSPS) is 19.5. The van der Waals surface area contributed by atoms with Crippen molar-refractivity contribution in [3.8, 4) is 0 Å². The van der Waals surface area contributed by atoms with Crippen molar-refractivity contribution in [3.63, 3.8) is 0 Å². The second-order valence-corrected chi connectivity index (χ2v) is 10.2. The predicted molar refractivity (Wildman–Crippen MR) is 135 cm³/mol. The van der Waals surface area contributed by atoms with E-state index in [-0.39, 0.29) is 11.9 Å². The topological polar surface area (TPSA) is 61.4 Å². The molecule has 2 aromatic carbocycles. The van der Waals surface area contributed by atoms with Gasteiger partial charge in [0.05, 0.1) is 17.7 Å². The molecule has 5 rings (SSSR count). The van der Waals surface area contributed by atoms with Crippen LogP contribution >= 0.6 is 0 Å². The van der Waals surface area contributed by atoms with Gasteiger partial charge in [-0.3, -0.25) is 4.79 Å². The molecule has 0 radical (unpaired) electrons. The lowest BCUT2D eigenvalue weighted by Gasteiger charge is -2.34. The zero-order valence-electron chi connectivity index (χ0n) is 20.0. The Balaban J connectivity index is 1.52. The molecule has 1 atom stereocenters. The highest BCUT2D eigenvalue weighted by Gasteiger charge is 2.41. The van der Waals surface area contributed by atoms with Gasteiger partial charge in [-0.25, -0.2) is 4.98 Å². The molecule has 1 fully saturated rings. The maximum absolute atomic E-state index is 13.2. The average molecular weight is 444 g/mol. The summed E-state index contributed by atoms with van der Waals surface area (Å²) in [5.74, 6) is 1.57. The third-order valence-corrected chi connectivity index (χ3v) is 7.23. The first-order chi connectivity index (χ1) is 15.8. The molecular formula is C27H33N5O. The van der Waals surface area contributed by atoms with Crippen LogP contribution in [0.1, 0.15) is 58.1 Å². The minimum Gasteiger partial charge on any atom is -0.351 e. The van der Waals surface area contributed by atoms with Gasteiger partial charge >= 0.3 is 0 Å². The summed E-state index contributed by atoms with van der Waals surface area (Å²) in [5, 5.41) is 5.98. The van der Waals surface area contributed by atoms with Crippen molar-refractivity contribution in [2.24, 2.45) is 5.41 Å². The Kier molecular flexibility index (Phi) is 5.47. The summed E-state index contributed by atoms with van der Waals surface area (Å²) in [6.07, 6.45) is 6.56. The van der Waals surface area contributed by atoms with E-state index in [1.165, 1.54) is 29.2 Å². The number of hydrogen-bond acceptors (Lipinski definition) is 5. The van der Waals surface area contributed by atoms with E-state index >= 15 is 0 Å². The highest BCUT2D eigenvalue weighted by Crippen LogP contribution is 2.40. The van der Waals surface area contributed by atoms with Gasteiger partial charge < -0.3 is 15.1 Å². The summed E-state index contributed by atoms with van der Waals surface area (Å²) < 4.78 is 0. The monoisotopic (exact) mass is 443 g/mol. The Morgan fingerprint density at radius 1 is 1.09 bits per heavy atom. The summed E-state index contributed by atoms with van der Waals surface area (Å²) in [4.78, 5) is 26.9. The Hall–Kier alpha value is -3.15. The van der Waals surface area contributed by atoms with Crippen molar-refractivity contribution in [3.05, 3.63) is 54.2 Å². The Morgan fingerprint density at radius 3 is 2.61 bits per heavy atom. The first kappa shape index (κ1) is 21.7. The smallest absolute Gasteiger partial charge is 0.234 e. The number of aromatic nitrogens is 2. The third-order valence-electron chi connectivity index (χ3n) is 7.23. The van der Waals surface area contributed by atoms with Crippen LogP contribution < -0.4 is 15.1 Å². The first-order valence-corrected chi connectivity index (χ1v) is 12.0. The molecule has 0 spiro atoms. The van der Waals surface area contributed by atoms with E-state index in [2.05, 4.69) is 64.6 Å². The van der Waals surface area contributed by atoms with Gasteiger partial charge in [0.1, 0.15) is 5.69 Å². The molecule has 2 heterocycles. The Bertz CT molecular complexity index is 1180. The van der Waals surface area contributed by atoms with Gasteiger partial charge in [0.15, 0.2) is 5.82 Å². The van der Waals surface area contributed by atoms with E-state index in [0.29, 0.717) is 18.5 Å². The van der Waals surface area contributed by atoms with Crippen LogP contribution in [0.3, 0.4) is 0 Å². The second kappa shape index (κ2) is 8.32. The zero-order chi connectivity index (χ0) is 23.2. The maximum Gasteiger partial charge on any atom is 0.234 e. The number of carbonyl (C=O) groups excluding carboxylic acids is 1. The quantitative estimate of drug-likeness (QED) is 0.572. The summed E-state index contributed by atoms with van der Waals surface area (Å²) >= 11 is 0. The Morgan fingerprint density at radius 2 is 1.82 bits per heavy atom. The van der Waals surface area contributed by atoms with Crippen LogP contribution in [0.15, 0.2) is 48.7 Å². The number of hydrogen-bond donors (Lipinski definition) is 1. The number of nitrogens with zero attached hydrogens (tertiary/aromatic N) is 4. The molecule has 1 amide bonds. The first-order valence-electron chi connectivity index (χ1n) is 12.0. The molecule has 0 bridgehead atoms. The number of rotatable bonds is 4. The van der Waals surface area contributed by atoms with Gasteiger partial charge in [-0.2, -0.15) is 4.98 Å². The SMILES string of the molecule is CC(Nc1ncc2c(n1)N(C1CCCC1)CC(C)(C)C(=O)N2C)c1cccc2ccccc12. The van der Waals surface area contributed by atoms with Gasteiger partial charge in [-0.15, -0.1) is 0 Å². The number of anilines is 3. The number of carbonyl (C=O) groups is 1.